The Kier molecular flexibility index (Phi) is 6.02. The van der Waals surface area contributed by atoms with Crippen LogP contribution >= 0.6 is 0 Å². The number of aromatic nitrogens is 2. The number of rotatable bonds is 6. The minimum atomic E-state index is -0.149. The second-order valence-corrected chi connectivity index (χ2v) is 8.28. The van der Waals surface area contributed by atoms with Crippen molar-refractivity contribution in [2.45, 2.75) is 38.8 Å². The van der Waals surface area contributed by atoms with Gasteiger partial charge in [-0.2, -0.15) is 0 Å². The first kappa shape index (κ1) is 21.0. The van der Waals surface area contributed by atoms with Crippen LogP contribution in [0.1, 0.15) is 50.2 Å². The van der Waals surface area contributed by atoms with E-state index in [0.29, 0.717) is 18.0 Å². The fourth-order valence-electron chi connectivity index (χ4n) is 4.32. The summed E-state index contributed by atoms with van der Waals surface area (Å²) in [6, 6.07) is 13.5. The van der Waals surface area contributed by atoms with E-state index in [1.807, 2.05) is 47.4 Å². The maximum absolute atomic E-state index is 13.3. The van der Waals surface area contributed by atoms with Crippen LogP contribution in [-0.2, 0) is 0 Å². The number of para-hydroxylation sites is 2. The number of nitrogens with one attached hydrogen (secondary N) is 2. The van der Waals surface area contributed by atoms with E-state index in [4.69, 9.17) is 14.5 Å². The lowest BCUT2D eigenvalue weighted by Gasteiger charge is -2.29. The molecule has 1 aliphatic rings. The minimum Gasteiger partial charge on any atom is -0.493 e. The fourth-order valence-corrected chi connectivity index (χ4v) is 4.32. The van der Waals surface area contributed by atoms with Gasteiger partial charge in [0.15, 0.2) is 11.5 Å². The fraction of sp³-hybridized carbons (Fsp3) is 0.417. The molecular formula is C24H30N4O3. The molecule has 0 saturated carbocycles. The Morgan fingerprint density at radius 3 is 2.65 bits per heavy atom. The molecule has 3 aromatic rings. The molecule has 1 fully saturated rings. The predicted octanol–water partition coefficient (Wildman–Crippen LogP) is 4.82. The van der Waals surface area contributed by atoms with Gasteiger partial charge in [0.25, 0.3) is 0 Å². The lowest BCUT2D eigenvalue weighted by atomic mass is 9.95. The summed E-state index contributed by atoms with van der Waals surface area (Å²) in [6.45, 7) is 4.91. The number of aromatic amines is 1. The Morgan fingerprint density at radius 2 is 1.94 bits per heavy atom. The molecule has 1 saturated heterocycles. The standard InChI is InChI=1S/C24H30N4O3/c1-15(2)22(16-11-12-20(30-3)21(14-16)31-4)27-24(29)28-13-7-10-19(28)23-25-17-8-5-6-9-18(17)26-23/h5-6,8-9,11-12,14-15,19,22H,7,10,13H2,1-4H3,(H,25,26)(H,27,29)/t19-,22-/m0/s1. The normalized spacial score (nSPS) is 17.2. The number of nitrogens with zero attached hydrogens (tertiary/aromatic N) is 2. The van der Waals surface area contributed by atoms with Crippen molar-refractivity contribution >= 4 is 17.1 Å². The molecule has 2 atom stereocenters. The topological polar surface area (TPSA) is 79.5 Å². The van der Waals surface area contributed by atoms with Crippen molar-refractivity contribution in [2.75, 3.05) is 20.8 Å². The van der Waals surface area contributed by atoms with E-state index in [9.17, 15) is 4.79 Å². The monoisotopic (exact) mass is 422 g/mol. The van der Waals surface area contributed by atoms with E-state index in [1.165, 1.54) is 0 Å². The Labute approximate surface area is 182 Å². The molecule has 0 unspecified atom stereocenters. The van der Waals surface area contributed by atoms with Gasteiger partial charge in [0.1, 0.15) is 5.82 Å². The number of ether oxygens (including phenoxy) is 2. The van der Waals surface area contributed by atoms with Gasteiger partial charge in [-0.25, -0.2) is 9.78 Å². The van der Waals surface area contributed by atoms with E-state index >= 15 is 0 Å². The van der Waals surface area contributed by atoms with E-state index in [-0.39, 0.29) is 24.0 Å². The van der Waals surface area contributed by atoms with Crippen LogP contribution in [0.25, 0.3) is 11.0 Å². The zero-order chi connectivity index (χ0) is 22.0. The molecule has 2 N–H and O–H groups in total. The van der Waals surface area contributed by atoms with Crippen molar-refractivity contribution in [3.8, 4) is 11.5 Å². The van der Waals surface area contributed by atoms with Crippen molar-refractivity contribution in [1.82, 2.24) is 20.2 Å². The lowest BCUT2D eigenvalue weighted by molar-refractivity contribution is 0.183. The van der Waals surface area contributed by atoms with Crippen LogP contribution in [-0.4, -0.2) is 41.7 Å². The highest BCUT2D eigenvalue weighted by molar-refractivity contribution is 5.77. The van der Waals surface area contributed by atoms with Gasteiger partial charge in [0.05, 0.1) is 37.3 Å². The van der Waals surface area contributed by atoms with Crippen LogP contribution in [0.15, 0.2) is 42.5 Å². The molecule has 0 spiro atoms. The molecule has 2 aromatic carbocycles. The number of likely N-dealkylation sites (tertiary alicyclic amines) is 1. The lowest BCUT2D eigenvalue weighted by Crippen LogP contribution is -2.42. The van der Waals surface area contributed by atoms with Crippen LogP contribution in [0.3, 0.4) is 0 Å². The third-order valence-electron chi connectivity index (χ3n) is 5.95. The number of hydrogen-bond acceptors (Lipinski definition) is 4. The Hall–Kier alpha value is -3.22. The predicted molar refractivity (Wildman–Crippen MR) is 120 cm³/mol. The van der Waals surface area contributed by atoms with Gasteiger partial charge >= 0.3 is 6.03 Å². The highest BCUT2D eigenvalue weighted by Crippen LogP contribution is 2.34. The maximum Gasteiger partial charge on any atom is 0.318 e. The van der Waals surface area contributed by atoms with E-state index in [2.05, 4.69) is 24.1 Å². The molecule has 1 aliphatic heterocycles. The second kappa shape index (κ2) is 8.88. The summed E-state index contributed by atoms with van der Waals surface area (Å²) in [5.74, 6) is 2.38. The molecule has 2 heterocycles. The van der Waals surface area contributed by atoms with Crippen LogP contribution in [0.4, 0.5) is 4.79 Å². The van der Waals surface area contributed by atoms with Gasteiger partial charge in [-0.3, -0.25) is 0 Å². The van der Waals surface area contributed by atoms with Crippen LogP contribution in [0.5, 0.6) is 11.5 Å². The summed E-state index contributed by atoms with van der Waals surface area (Å²) < 4.78 is 10.8. The van der Waals surface area contributed by atoms with Crippen molar-refractivity contribution in [3.05, 3.63) is 53.9 Å². The van der Waals surface area contributed by atoms with Gasteiger partial charge in [0, 0.05) is 6.54 Å². The number of H-pyrrole nitrogens is 1. The molecule has 4 rings (SSSR count). The molecule has 7 nitrogen and oxygen atoms in total. The summed E-state index contributed by atoms with van der Waals surface area (Å²) >= 11 is 0. The molecule has 164 valence electrons. The average Bonchev–Trinajstić information content (AvgIpc) is 3.43. The summed E-state index contributed by atoms with van der Waals surface area (Å²) in [4.78, 5) is 23.4. The molecule has 31 heavy (non-hydrogen) atoms. The first-order valence-electron chi connectivity index (χ1n) is 10.8. The number of fused-ring (bicyclic) bond motifs is 1. The van der Waals surface area contributed by atoms with E-state index in [0.717, 1.165) is 35.3 Å². The summed E-state index contributed by atoms with van der Waals surface area (Å²) in [6.07, 6.45) is 1.85. The number of urea groups is 1. The summed E-state index contributed by atoms with van der Waals surface area (Å²) in [5, 5.41) is 3.25. The smallest absolute Gasteiger partial charge is 0.318 e. The van der Waals surface area contributed by atoms with Gasteiger partial charge < -0.3 is 24.7 Å². The third kappa shape index (κ3) is 4.17. The summed E-state index contributed by atoms with van der Waals surface area (Å²) in [5.41, 5.74) is 2.91. The Morgan fingerprint density at radius 1 is 1.16 bits per heavy atom. The zero-order valence-corrected chi connectivity index (χ0v) is 18.5. The number of methoxy groups -OCH3 is 2. The third-order valence-corrected chi connectivity index (χ3v) is 5.95. The first-order chi connectivity index (χ1) is 15.0. The molecule has 0 aliphatic carbocycles. The molecular weight excluding hydrogens is 392 g/mol. The van der Waals surface area contributed by atoms with Crippen molar-refractivity contribution in [2.24, 2.45) is 5.92 Å². The molecule has 0 bridgehead atoms. The van der Waals surface area contributed by atoms with E-state index < -0.39 is 0 Å². The van der Waals surface area contributed by atoms with Crippen molar-refractivity contribution in [3.63, 3.8) is 0 Å². The maximum atomic E-state index is 13.3. The average molecular weight is 423 g/mol. The van der Waals surface area contributed by atoms with Crippen LogP contribution in [0.2, 0.25) is 0 Å². The number of imidazole rings is 1. The Bertz CT molecular complexity index is 1030. The quantitative estimate of drug-likeness (QED) is 0.597. The number of hydrogen-bond donors (Lipinski definition) is 2. The van der Waals surface area contributed by atoms with Crippen molar-refractivity contribution < 1.29 is 14.3 Å². The van der Waals surface area contributed by atoms with Gasteiger partial charge in [-0.1, -0.05) is 32.0 Å². The van der Waals surface area contributed by atoms with Gasteiger partial charge in [0.2, 0.25) is 0 Å². The Balaban J connectivity index is 1.55. The van der Waals surface area contributed by atoms with E-state index in [1.54, 1.807) is 14.2 Å². The summed E-state index contributed by atoms with van der Waals surface area (Å²) in [7, 11) is 3.23. The first-order valence-corrected chi connectivity index (χ1v) is 10.8. The SMILES string of the molecule is COc1ccc([C@@H](NC(=O)N2CCC[C@H]2c2nc3ccccc3[nH]2)C(C)C)cc1OC. The minimum absolute atomic E-state index is 0.0504. The molecule has 1 aromatic heterocycles. The number of carbonyl (C=O) groups excluding carboxylic acids is 1. The van der Waals surface area contributed by atoms with Crippen molar-refractivity contribution in [1.29, 1.82) is 0 Å². The van der Waals surface area contributed by atoms with Gasteiger partial charge in [-0.15, -0.1) is 0 Å². The number of carbonyl (C=O) groups is 1. The molecule has 7 heteroatoms. The highest BCUT2D eigenvalue weighted by atomic mass is 16.5. The van der Waals surface area contributed by atoms with Crippen LogP contribution < -0.4 is 14.8 Å². The number of amides is 2. The highest BCUT2D eigenvalue weighted by Gasteiger charge is 2.33. The molecule has 0 radical (unpaired) electrons. The number of benzene rings is 2. The second-order valence-electron chi connectivity index (χ2n) is 8.28. The van der Waals surface area contributed by atoms with Crippen LogP contribution in [0, 0.1) is 5.92 Å². The van der Waals surface area contributed by atoms with Gasteiger partial charge in [-0.05, 0) is 48.6 Å². The molecule has 2 amide bonds. The largest absolute Gasteiger partial charge is 0.493 e. The zero-order valence-electron chi connectivity index (χ0n) is 18.5.